The molecule has 0 saturated heterocycles. The van der Waals surface area contributed by atoms with E-state index in [9.17, 15) is 10.2 Å². The molecular weight excluding hydrogens is 244 g/mol. The topological polar surface area (TPSA) is 40.5 Å². The molecule has 0 radical (unpaired) electrons. The minimum absolute atomic E-state index is 0.0593. The molecule has 1 aliphatic carbocycles. The smallest absolute Gasteiger partial charge is 0.129 e. The highest BCUT2D eigenvalue weighted by atomic mass is 79.9. The highest BCUT2D eigenvalue weighted by Gasteiger charge is 2.48. The summed E-state index contributed by atoms with van der Waals surface area (Å²) < 4.78 is 0.696. The number of phenolic OH excluding ortho intramolecular Hbond substituents is 1. The largest absolute Gasteiger partial charge is 0.507 e. The van der Waals surface area contributed by atoms with Crippen molar-refractivity contribution in [1.82, 2.24) is 0 Å². The molecule has 0 aliphatic heterocycles. The predicted molar refractivity (Wildman–Crippen MR) is 58.4 cm³/mol. The molecule has 1 fully saturated rings. The number of aromatic hydroxyl groups is 1. The Morgan fingerprint density at radius 2 is 2.07 bits per heavy atom. The summed E-state index contributed by atoms with van der Waals surface area (Å²) in [5.41, 5.74) is 1.05. The van der Waals surface area contributed by atoms with Gasteiger partial charge in [-0.3, -0.25) is 0 Å². The molecule has 3 heteroatoms. The Kier molecular flexibility index (Phi) is 2.32. The van der Waals surface area contributed by atoms with Crippen molar-refractivity contribution in [2.45, 2.75) is 31.3 Å². The molecule has 76 valence electrons. The molecule has 1 aromatic carbocycles. The lowest BCUT2D eigenvalue weighted by Gasteiger charge is -2.19. The SMILES string of the molecule is CC(O)C1(c2ccc(O)c(Br)c2)CC1. The molecule has 1 aromatic rings. The van der Waals surface area contributed by atoms with E-state index in [2.05, 4.69) is 15.9 Å². The zero-order chi connectivity index (χ0) is 10.3. The van der Waals surface area contributed by atoms with Crippen molar-refractivity contribution in [3.63, 3.8) is 0 Å². The van der Waals surface area contributed by atoms with Gasteiger partial charge in [0.25, 0.3) is 0 Å². The highest BCUT2D eigenvalue weighted by Crippen LogP contribution is 2.51. The Balaban J connectivity index is 2.38. The monoisotopic (exact) mass is 256 g/mol. The van der Waals surface area contributed by atoms with Gasteiger partial charge in [0.05, 0.1) is 10.6 Å². The van der Waals surface area contributed by atoms with Crippen LogP contribution in [0.1, 0.15) is 25.3 Å². The van der Waals surface area contributed by atoms with E-state index in [1.54, 1.807) is 6.07 Å². The third kappa shape index (κ3) is 1.44. The zero-order valence-corrected chi connectivity index (χ0v) is 9.58. The average Bonchev–Trinajstić information content (AvgIpc) is 2.90. The van der Waals surface area contributed by atoms with E-state index in [-0.39, 0.29) is 17.3 Å². The first-order chi connectivity index (χ1) is 6.56. The van der Waals surface area contributed by atoms with Crippen molar-refractivity contribution in [3.05, 3.63) is 28.2 Å². The van der Waals surface area contributed by atoms with Crippen molar-refractivity contribution in [3.8, 4) is 5.75 Å². The maximum Gasteiger partial charge on any atom is 0.129 e. The van der Waals surface area contributed by atoms with Gasteiger partial charge in [0.2, 0.25) is 0 Å². The molecule has 2 rings (SSSR count). The van der Waals surface area contributed by atoms with Crippen LogP contribution in [0.15, 0.2) is 22.7 Å². The van der Waals surface area contributed by atoms with Crippen molar-refractivity contribution in [2.24, 2.45) is 0 Å². The molecule has 0 bridgehead atoms. The van der Waals surface area contributed by atoms with Gasteiger partial charge in [-0.25, -0.2) is 0 Å². The Labute approximate surface area is 91.7 Å². The van der Waals surface area contributed by atoms with Gasteiger partial charge < -0.3 is 10.2 Å². The van der Waals surface area contributed by atoms with Crippen LogP contribution in [0.25, 0.3) is 0 Å². The van der Waals surface area contributed by atoms with Gasteiger partial charge in [0.1, 0.15) is 5.75 Å². The van der Waals surface area contributed by atoms with Crippen LogP contribution >= 0.6 is 15.9 Å². The number of aliphatic hydroxyl groups excluding tert-OH is 1. The minimum atomic E-state index is -0.320. The van der Waals surface area contributed by atoms with Crippen molar-refractivity contribution in [1.29, 1.82) is 0 Å². The molecular formula is C11H13BrO2. The van der Waals surface area contributed by atoms with E-state index < -0.39 is 0 Å². The van der Waals surface area contributed by atoms with Crippen LogP contribution in [-0.2, 0) is 5.41 Å². The van der Waals surface area contributed by atoms with Crippen LogP contribution < -0.4 is 0 Å². The number of phenols is 1. The lowest BCUT2D eigenvalue weighted by molar-refractivity contribution is 0.150. The standard InChI is InChI=1S/C11H13BrO2/c1-7(13)11(4-5-11)8-2-3-10(14)9(12)6-8/h2-3,6-7,13-14H,4-5H2,1H3. The molecule has 14 heavy (non-hydrogen) atoms. The summed E-state index contributed by atoms with van der Waals surface area (Å²) in [5.74, 6) is 0.246. The van der Waals surface area contributed by atoms with Crippen LogP contribution in [0, 0.1) is 0 Å². The Morgan fingerprint density at radius 3 is 2.50 bits per heavy atom. The van der Waals surface area contributed by atoms with Gasteiger partial charge in [-0.1, -0.05) is 6.07 Å². The van der Waals surface area contributed by atoms with E-state index in [0.29, 0.717) is 4.47 Å². The first kappa shape index (κ1) is 9.99. The second-order valence-electron chi connectivity index (χ2n) is 4.00. The summed E-state index contributed by atoms with van der Waals surface area (Å²) in [6.07, 6.45) is 1.74. The fourth-order valence-electron chi connectivity index (χ4n) is 1.90. The third-order valence-corrected chi connectivity index (χ3v) is 3.75. The second kappa shape index (κ2) is 3.24. The number of hydrogen-bond acceptors (Lipinski definition) is 2. The summed E-state index contributed by atoms with van der Waals surface area (Å²) in [7, 11) is 0. The van der Waals surface area contributed by atoms with Crippen LogP contribution in [-0.4, -0.2) is 16.3 Å². The predicted octanol–water partition coefficient (Wildman–Crippen LogP) is 2.57. The van der Waals surface area contributed by atoms with Crippen molar-refractivity contribution >= 4 is 15.9 Å². The molecule has 0 amide bonds. The first-order valence-electron chi connectivity index (χ1n) is 4.73. The first-order valence-corrected chi connectivity index (χ1v) is 5.52. The van der Waals surface area contributed by atoms with Gasteiger partial charge in [-0.2, -0.15) is 0 Å². The molecule has 1 aliphatic rings. The molecule has 1 atom stereocenters. The molecule has 1 saturated carbocycles. The lowest BCUT2D eigenvalue weighted by Crippen LogP contribution is -2.22. The van der Waals surface area contributed by atoms with E-state index in [1.165, 1.54) is 0 Å². The third-order valence-electron chi connectivity index (χ3n) is 3.11. The average molecular weight is 257 g/mol. The summed E-state index contributed by atoms with van der Waals surface area (Å²) in [6, 6.07) is 5.46. The fourth-order valence-corrected chi connectivity index (χ4v) is 2.28. The van der Waals surface area contributed by atoms with Crippen molar-refractivity contribution < 1.29 is 10.2 Å². The van der Waals surface area contributed by atoms with E-state index >= 15 is 0 Å². The summed E-state index contributed by atoms with van der Waals surface area (Å²) in [6.45, 7) is 1.83. The van der Waals surface area contributed by atoms with Gasteiger partial charge in [-0.15, -0.1) is 0 Å². The molecule has 2 nitrogen and oxygen atoms in total. The maximum absolute atomic E-state index is 9.68. The zero-order valence-electron chi connectivity index (χ0n) is 8.00. The number of hydrogen-bond donors (Lipinski definition) is 2. The van der Waals surface area contributed by atoms with Gasteiger partial charge in [0.15, 0.2) is 0 Å². The second-order valence-corrected chi connectivity index (χ2v) is 4.85. The Bertz CT molecular complexity index is 356. The number of benzene rings is 1. The maximum atomic E-state index is 9.68. The van der Waals surface area contributed by atoms with E-state index in [1.807, 2.05) is 19.1 Å². The number of rotatable bonds is 2. The molecule has 1 unspecified atom stereocenters. The summed E-state index contributed by atoms with van der Waals surface area (Å²) in [4.78, 5) is 0. The van der Waals surface area contributed by atoms with Gasteiger partial charge in [0, 0.05) is 5.41 Å². The van der Waals surface area contributed by atoms with Crippen LogP contribution in [0.2, 0.25) is 0 Å². The lowest BCUT2D eigenvalue weighted by atomic mass is 9.91. The van der Waals surface area contributed by atoms with Crippen molar-refractivity contribution in [2.75, 3.05) is 0 Å². The number of halogens is 1. The molecule has 0 spiro atoms. The van der Waals surface area contributed by atoms with E-state index in [4.69, 9.17) is 0 Å². The quantitative estimate of drug-likeness (QED) is 0.854. The van der Waals surface area contributed by atoms with Gasteiger partial charge >= 0.3 is 0 Å². The minimum Gasteiger partial charge on any atom is -0.507 e. The Hall–Kier alpha value is -0.540. The fraction of sp³-hybridized carbons (Fsp3) is 0.455. The normalized spacial score (nSPS) is 20.5. The Morgan fingerprint density at radius 1 is 1.43 bits per heavy atom. The summed E-state index contributed by atoms with van der Waals surface area (Å²) >= 11 is 3.28. The summed E-state index contributed by atoms with van der Waals surface area (Å²) in [5, 5.41) is 19.0. The van der Waals surface area contributed by atoms with Crippen LogP contribution in [0.4, 0.5) is 0 Å². The molecule has 0 heterocycles. The highest BCUT2D eigenvalue weighted by molar-refractivity contribution is 9.10. The number of aliphatic hydroxyl groups is 1. The van der Waals surface area contributed by atoms with Gasteiger partial charge in [-0.05, 0) is 53.4 Å². The van der Waals surface area contributed by atoms with Crippen LogP contribution in [0.3, 0.4) is 0 Å². The molecule has 2 N–H and O–H groups in total. The van der Waals surface area contributed by atoms with Crippen LogP contribution in [0.5, 0.6) is 5.75 Å². The molecule has 0 aromatic heterocycles. The van der Waals surface area contributed by atoms with E-state index in [0.717, 1.165) is 18.4 Å².